The fourth-order valence-corrected chi connectivity index (χ4v) is 3.16. The van der Waals surface area contributed by atoms with Gasteiger partial charge in [0.25, 0.3) is 10.2 Å². The smallest absolute Gasteiger partial charge is 0.282 e. The first kappa shape index (κ1) is 13.2. The van der Waals surface area contributed by atoms with Crippen molar-refractivity contribution in [2.45, 2.75) is 25.8 Å². The molecule has 0 saturated carbocycles. The summed E-state index contributed by atoms with van der Waals surface area (Å²) in [5, 5.41) is 11.3. The summed E-state index contributed by atoms with van der Waals surface area (Å²) in [4.78, 5) is 0. The highest BCUT2D eigenvalue weighted by molar-refractivity contribution is 7.86. The number of hydrogen-bond donors (Lipinski definition) is 2. The highest BCUT2D eigenvalue weighted by Gasteiger charge is 2.33. The van der Waals surface area contributed by atoms with Gasteiger partial charge in [0.15, 0.2) is 5.84 Å². The number of rotatable bonds is 4. The van der Waals surface area contributed by atoms with Gasteiger partial charge in [-0.2, -0.15) is 17.0 Å². The monoisotopic (exact) mass is 250 g/mol. The fourth-order valence-electron chi connectivity index (χ4n) is 1.57. The molecule has 1 unspecified atom stereocenters. The summed E-state index contributed by atoms with van der Waals surface area (Å²) in [5.74, 6) is -0.120. The van der Waals surface area contributed by atoms with E-state index in [1.165, 1.54) is 11.4 Å². The van der Waals surface area contributed by atoms with Crippen LogP contribution in [0.1, 0.15) is 19.8 Å². The van der Waals surface area contributed by atoms with Crippen molar-refractivity contribution in [2.75, 3.05) is 20.1 Å². The first-order valence-corrected chi connectivity index (χ1v) is 6.51. The number of oxime groups is 1. The van der Waals surface area contributed by atoms with E-state index in [0.717, 1.165) is 17.1 Å². The minimum Gasteiger partial charge on any atom is -0.409 e. The van der Waals surface area contributed by atoms with Crippen LogP contribution in [-0.4, -0.2) is 54.3 Å². The van der Waals surface area contributed by atoms with Gasteiger partial charge in [-0.25, -0.2) is 0 Å². The van der Waals surface area contributed by atoms with Crippen LogP contribution in [0, 0.1) is 0 Å². The van der Waals surface area contributed by atoms with Crippen LogP contribution in [0.15, 0.2) is 5.16 Å². The van der Waals surface area contributed by atoms with E-state index >= 15 is 0 Å². The van der Waals surface area contributed by atoms with Crippen LogP contribution < -0.4 is 5.73 Å². The molecule has 0 spiro atoms. The molecule has 0 aliphatic carbocycles. The number of nitrogens with zero attached hydrogens (tertiary/aromatic N) is 3. The quantitative estimate of drug-likeness (QED) is 0.301. The molecule has 7 nitrogen and oxygen atoms in total. The Hall–Kier alpha value is -0.860. The Bertz CT molecular complexity index is 361. The highest BCUT2D eigenvalue weighted by Crippen LogP contribution is 2.17. The molecule has 1 saturated heterocycles. The van der Waals surface area contributed by atoms with Crippen molar-refractivity contribution in [1.82, 2.24) is 8.61 Å². The van der Waals surface area contributed by atoms with Crippen molar-refractivity contribution in [2.24, 2.45) is 10.9 Å². The molecule has 0 aromatic rings. The minimum atomic E-state index is -3.50. The maximum absolute atomic E-state index is 12.1. The molecule has 1 heterocycles. The number of nitrogens with two attached hydrogens (primary N) is 1. The second-order valence-corrected chi connectivity index (χ2v) is 5.82. The van der Waals surface area contributed by atoms with E-state index in [9.17, 15) is 8.42 Å². The number of likely N-dealkylation sites (N-methyl/N-ethyl adjacent to an activating group) is 1. The Labute approximate surface area is 95.7 Å². The molecule has 1 rings (SSSR count). The van der Waals surface area contributed by atoms with E-state index in [-0.39, 0.29) is 5.84 Å². The molecule has 1 aliphatic rings. The molecule has 16 heavy (non-hydrogen) atoms. The Morgan fingerprint density at radius 1 is 1.50 bits per heavy atom. The molecule has 0 aromatic carbocycles. The van der Waals surface area contributed by atoms with Crippen molar-refractivity contribution >= 4 is 16.0 Å². The molecule has 1 aliphatic heterocycles. The Balaban J connectivity index is 2.83. The van der Waals surface area contributed by atoms with Crippen LogP contribution in [0.2, 0.25) is 0 Å². The zero-order valence-electron chi connectivity index (χ0n) is 9.50. The Morgan fingerprint density at radius 3 is 2.44 bits per heavy atom. The normalized spacial score (nSPS) is 21.6. The summed E-state index contributed by atoms with van der Waals surface area (Å²) in [5.41, 5.74) is 5.39. The standard InChI is InChI=1S/C8H18N4O3S/c1-7(8(9)10-13)11(2)16(14,15)12-5-3-4-6-12/h7,13H,3-6H2,1-2H3,(H2,9,10). The largest absolute Gasteiger partial charge is 0.409 e. The number of amidine groups is 1. The third-order valence-electron chi connectivity index (χ3n) is 2.84. The molecule has 0 bridgehead atoms. The van der Waals surface area contributed by atoms with Crippen LogP contribution in [0.4, 0.5) is 0 Å². The van der Waals surface area contributed by atoms with Gasteiger partial charge in [0.05, 0.1) is 6.04 Å². The molecular formula is C8H18N4O3S. The summed E-state index contributed by atoms with van der Waals surface area (Å²) < 4.78 is 26.6. The van der Waals surface area contributed by atoms with Gasteiger partial charge in [-0.15, -0.1) is 0 Å². The molecule has 1 fully saturated rings. The lowest BCUT2D eigenvalue weighted by atomic mass is 10.3. The zero-order valence-corrected chi connectivity index (χ0v) is 10.3. The van der Waals surface area contributed by atoms with E-state index in [2.05, 4.69) is 5.16 Å². The second-order valence-electron chi connectivity index (χ2n) is 3.83. The summed E-state index contributed by atoms with van der Waals surface area (Å²) >= 11 is 0. The predicted molar refractivity (Wildman–Crippen MR) is 60.4 cm³/mol. The summed E-state index contributed by atoms with van der Waals surface area (Å²) in [6, 6.07) is -0.657. The lowest BCUT2D eigenvalue weighted by Crippen LogP contribution is -2.49. The Kier molecular flexibility index (Phi) is 4.11. The molecule has 0 amide bonds. The van der Waals surface area contributed by atoms with Gasteiger partial charge in [0.2, 0.25) is 0 Å². The minimum absolute atomic E-state index is 0.120. The van der Waals surface area contributed by atoms with E-state index in [4.69, 9.17) is 10.9 Å². The van der Waals surface area contributed by atoms with Crippen LogP contribution in [0.3, 0.4) is 0 Å². The molecule has 0 aromatic heterocycles. The molecule has 1 atom stereocenters. The van der Waals surface area contributed by atoms with Gasteiger partial charge in [-0.1, -0.05) is 5.16 Å². The van der Waals surface area contributed by atoms with Crippen LogP contribution in [0.25, 0.3) is 0 Å². The maximum atomic E-state index is 12.1. The average Bonchev–Trinajstić information content (AvgIpc) is 2.79. The first-order chi connectivity index (χ1) is 7.41. The van der Waals surface area contributed by atoms with Crippen molar-refractivity contribution < 1.29 is 13.6 Å². The lowest BCUT2D eigenvalue weighted by Gasteiger charge is -2.27. The molecule has 94 valence electrons. The second kappa shape index (κ2) is 4.98. The van der Waals surface area contributed by atoms with Crippen LogP contribution in [-0.2, 0) is 10.2 Å². The van der Waals surface area contributed by atoms with Crippen molar-refractivity contribution in [3.05, 3.63) is 0 Å². The van der Waals surface area contributed by atoms with Crippen LogP contribution in [0.5, 0.6) is 0 Å². The van der Waals surface area contributed by atoms with Crippen molar-refractivity contribution in [1.29, 1.82) is 0 Å². The average molecular weight is 250 g/mol. The molecule has 8 heteroatoms. The van der Waals surface area contributed by atoms with E-state index in [1.54, 1.807) is 6.92 Å². The van der Waals surface area contributed by atoms with E-state index in [1.807, 2.05) is 0 Å². The SMILES string of the molecule is CC(C(N)=NO)N(C)S(=O)(=O)N1CCCC1. The maximum Gasteiger partial charge on any atom is 0.282 e. The molecule has 3 N–H and O–H groups in total. The first-order valence-electron chi connectivity index (χ1n) is 5.11. The Morgan fingerprint density at radius 2 is 2.00 bits per heavy atom. The van der Waals surface area contributed by atoms with Crippen molar-refractivity contribution in [3.8, 4) is 0 Å². The molecular weight excluding hydrogens is 232 g/mol. The van der Waals surface area contributed by atoms with Crippen LogP contribution >= 0.6 is 0 Å². The van der Waals surface area contributed by atoms with E-state index < -0.39 is 16.3 Å². The third kappa shape index (κ3) is 2.45. The van der Waals surface area contributed by atoms with Gasteiger partial charge >= 0.3 is 0 Å². The van der Waals surface area contributed by atoms with E-state index in [0.29, 0.717) is 13.1 Å². The predicted octanol–water partition coefficient (Wildman–Crippen LogP) is -0.606. The summed E-state index contributed by atoms with van der Waals surface area (Å²) in [6.45, 7) is 2.65. The lowest BCUT2D eigenvalue weighted by molar-refractivity contribution is 0.309. The molecule has 0 radical (unpaired) electrons. The summed E-state index contributed by atoms with van der Waals surface area (Å²) in [6.07, 6.45) is 1.76. The third-order valence-corrected chi connectivity index (χ3v) is 4.91. The van der Waals surface area contributed by atoms with Crippen molar-refractivity contribution in [3.63, 3.8) is 0 Å². The van der Waals surface area contributed by atoms with Gasteiger partial charge < -0.3 is 10.9 Å². The topological polar surface area (TPSA) is 99.2 Å². The zero-order chi connectivity index (χ0) is 12.3. The summed E-state index contributed by atoms with van der Waals surface area (Å²) in [7, 11) is -2.07. The van der Waals surface area contributed by atoms with Gasteiger partial charge in [-0.3, -0.25) is 0 Å². The van der Waals surface area contributed by atoms with Gasteiger partial charge in [0, 0.05) is 20.1 Å². The highest BCUT2D eigenvalue weighted by atomic mass is 32.2. The fraction of sp³-hybridized carbons (Fsp3) is 0.875. The number of hydrogen-bond acceptors (Lipinski definition) is 4. The van der Waals surface area contributed by atoms with Gasteiger partial charge in [0.1, 0.15) is 0 Å². The van der Waals surface area contributed by atoms with Gasteiger partial charge in [-0.05, 0) is 19.8 Å².